The lowest BCUT2D eigenvalue weighted by molar-refractivity contribution is 0.174. The fourth-order valence-electron chi connectivity index (χ4n) is 3.11. The second-order valence-electron chi connectivity index (χ2n) is 5.54. The number of para-hydroxylation sites is 2. The monoisotopic (exact) mass is 333 g/mol. The lowest BCUT2D eigenvalue weighted by atomic mass is 9.96. The second kappa shape index (κ2) is 6.40. The van der Waals surface area contributed by atoms with Crippen molar-refractivity contribution in [2.45, 2.75) is 0 Å². The van der Waals surface area contributed by atoms with E-state index in [1.807, 2.05) is 54.6 Å². The molecule has 0 aliphatic carbocycles. The van der Waals surface area contributed by atoms with Crippen LogP contribution in [0.1, 0.15) is 0 Å². The maximum atomic E-state index is 5.77. The lowest BCUT2D eigenvalue weighted by Crippen LogP contribution is -1.96. The number of benzene rings is 3. The molecule has 0 atom stereocenters. The Balaban J connectivity index is 1.93. The first-order valence-corrected chi connectivity index (χ1v) is 7.94. The number of ether oxygens (including phenoxy) is 4. The third kappa shape index (κ3) is 2.56. The van der Waals surface area contributed by atoms with Gasteiger partial charge in [-0.15, -0.1) is 0 Å². The quantitative estimate of drug-likeness (QED) is 0.701. The lowest BCUT2D eigenvalue weighted by Gasteiger charge is -2.16. The molecule has 0 N–H and O–H groups in total. The van der Waals surface area contributed by atoms with Crippen LogP contribution in [0.15, 0.2) is 54.6 Å². The van der Waals surface area contributed by atoms with Gasteiger partial charge in [0.2, 0.25) is 6.79 Å². The second-order valence-corrected chi connectivity index (χ2v) is 5.54. The molecule has 3 aromatic carbocycles. The molecule has 1 aliphatic rings. The molecular formula is C21H17O4. The Kier molecular flexibility index (Phi) is 3.94. The van der Waals surface area contributed by atoms with Crippen LogP contribution in [0.3, 0.4) is 0 Å². The maximum absolute atomic E-state index is 5.77. The topological polar surface area (TPSA) is 36.9 Å². The number of rotatable bonds is 4. The minimum absolute atomic E-state index is 0.231. The van der Waals surface area contributed by atoms with E-state index >= 15 is 0 Å². The minimum atomic E-state index is 0.231. The number of hydrogen-bond acceptors (Lipinski definition) is 4. The van der Waals surface area contributed by atoms with Crippen LogP contribution in [0.5, 0.6) is 23.0 Å². The molecule has 3 aromatic rings. The molecule has 25 heavy (non-hydrogen) atoms. The first-order valence-electron chi connectivity index (χ1n) is 7.94. The van der Waals surface area contributed by atoms with Gasteiger partial charge in [-0.2, -0.15) is 0 Å². The highest BCUT2D eigenvalue weighted by molar-refractivity contribution is 5.87. The summed E-state index contributed by atoms with van der Waals surface area (Å²) >= 11 is 0. The minimum Gasteiger partial charge on any atom is -0.496 e. The van der Waals surface area contributed by atoms with E-state index in [1.165, 1.54) is 0 Å². The average Bonchev–Trinajstić information content (AvgIpc) is 3.16. The van der Waals surface area contributed by atoms with Crippen molar-refractivity contribution in [3.05, 3.63) is 60.7 Å². The molecule has 0 spiro atoms. The Morgan fingerprint density at radius 1 is 0.840 bits per heavy atom. The van der Waals surface area contributed by atoms with Crippen LogP contribution >= 0.6 is 0 Å². The summed E-state index contributed by atoms with van der Waals surface area (Å²) in [7, 11) is 3.32. The van der Waals surface area contributed by atoms with Crippen LogP contribution in [-0.4, -0.2) is 21.0 Å². The molecule has 0 bridgehead atoms. The predicted octanol–water partition coefficient (Wildman–Crippen LogP) is 4.57. The van der Waals surface area contributed by atoms with Crippen molar-refractivity contribution in [3.63, 3.8) is 0 Å². The van der Waals surface area contributed by atoms with Crippen LogP contribution in [0.25, 0.3) is 22.3 Å². The summed E-state index contributed by atoms with van der Waals surface area (Å²) in [6.45, 7) is 0.231. The average molecular weight is 333 g/mol. The van der Waals surface area contributed by atoms with Crippen molar-refractivity contribution in [2.24, 2.45) is 0 Å². The van der Waals surface area contributed by atoms with E-state index in [-0.39, 0.29) is 6.79 Å². The highest BCUT2D eigenvalue weighted by Gasteiger charge is 2.22. The zero-order chi connectivity index (χ0) is 17.2. The summed E-state index contributed by atoms with van der Waals surface area (Å²) in [6, 6.07) is 20.8. The summed E-state index contributed by atoms with van der Waals surface area (Å²) < 4.78 is 22.4. The number of fused-ring (bicyclic) bond motifs is 1. The molecule has 1 radical (unpaired) electrons. The van der Waals surface area contributed by atoms with Gasteiger partial charge in [0.05, 0.1) is 14.2 Å². The third-order valence-electron chi connectivity index (χ3n) is 4.21. The summed E-state index contributed by atoms with van der Waals surface area (Å²) in [6.07, 6.45) is 0. The van der Waals surface area contributed by atoms with Gasteiger partial charge in [-0.1, -0.05) is 42.5 Å². The summed E-state index contributed by atoms with van der Waals surface area (Å²) in [5, 5.41) is 0. The molecule has 0 saturated carbocycles. The Hall–Kier alpha value is -3.14. The Labute approximate surface area is 146 Å². The van der Waals surface area contributed by atoms with E-state index in [4.69, 9.17) is 18.9 Å². The first kappa shape index (κ1) is 15.4. The molecule has 4 rings (SSSR count). The Bertz CT molecular complexity index is 918. The molecule has 1 heterocycles. The third-order valence-corrected chi connectivity index (χ3v) is 4.21. The van der Waals surface area contributed by atoms with E-state index in [2.05, 4.69) is 6.07 Å². The zero-order valence-corrected chi connectivity index (χ0v) is 14.0. The van der Waals surface area contributed by atoms with E-state index in [9.17, 15) is 0 Å². The molecule has 0 amide bonds. The number of methoxy groups -OCH3 is 2. The van der Waals surface area contributed by atoms with Gasteiger partial charge in [0.25, 0.3) is 0 Å². The van der Waals surface area contributed by atoms with Gasteiger partial charge in [0, 0.05) is 22.3 Å². The molecule has 0 unspecified atom stereocenters. The zero-order valence-electron chi connectivity index (χ0n) is 14.0. The fourth-order valence-corrected chi connectivity index (χ4v) is 3.11. The van der Waals surface area contributed by atoms with Gasteiger partial charge >= 0.3 is 0 Å². The highest BCUT2D eigenvalue weighted by Crippen LogP contribution is 2.47. The fraction of sp³-hybridized carbons (Fsp3) is 0.143. The smallest absolute Gasteiger partial charge is 0.231 e. The summed E-state index contributed by atoms with van der Waals surface area (Å²) in [5.74, 6) is 2.97. The van der Waals surface area contributed by atoms with Crippen LogP contribution in [0.2, 0.25) is 0 Å². The maximum Gasteiger partial charge on any atom is 0.231 e. The van der Waals surface area contributed by atoms with Crippen molar-refractivity contribution in [1.29, 1.82) is 0 Å². The normalized spacial score (nSPS) is 12.1. The predicted molar refractivity (Wildman–Crippen MR) is 95.4 cm³/mol. The Morgan fingerprint density at radius 3 is 2.48 bits per heavy atom. The molecule has 0 saturated heterocycles. The van der Waals surface area contributed by atoms with E-state index < -0.39 is 0 Å². The van der Waals surface area contributed by atoms with E-state index in [0.29, 0.717) is 0 Å². The molecule has 0 aromatic heterocycles. The van der Waals surface area contributed by atoms with Crippen LogP contribution < -0.4 is 18.9 Å². The standard InChI is InChI=1S/C21H17O4/c1-22-18-11-4-3-7-14(18)15-8-5-9-16(20(15)23-2)17-10-6-12-19-21(17)25-13-24-19/h3-6,8-12H,13H2,1-2H3. The summed E-state index contributed by atoms with van der Waals surface area (Å²) in [4.78, 5) is 0. The van der Waals surface area contributed by atoms with Gasteiger partial charge in [-0.25, -0.2) is 0 Å². The SMILES string of the molecule is COc1ccc[c]c1-c1cccc(-c2cccc3c2OCO3)c1OC. The molecular weight excluding hydrogens is 316 g/mol. The van der Waals surface area contributed by atoms with Crippen molar-refractivity contribution in [3.8, 4) is 45.3 Å². The largest absolute Gasteiger partial charge is 0.496 e. The molecule has 4 heteroatoms. The van der Waals surface area contributed by atoms with Crippen LogP contribution in [0, 0.1) is 6.07 Å². The molecule has 4 nitrogen and oxygen atoms in total. The molecule has 125 valence electrons. The molecule has 1 aliphatic heterocycles. The highest BCUT2D eigenvalue weighted by atomic mass is 16.7. The van der Waals surface area contributed by atoms with Gasteiger partial charge in [0.15, 0.2) is 11.5 Å². The van der Waals surface area contributed by atoms with E-state index in [0.717, 1.165) is 45.3 Å². The van der Waals surface area contributed by atoms with Gasteiger partial charge in [-0.3, -0.25) is 0 Å². The van der Waals surface area contributed by atoms with Gasteiger partial charge in [-0.05, 0) is 18.2 Å². The van der Waals surface area contributed by atoms with Crippen molar-refractivity contribution in [1.82, 2.24) is 0 Å². The molecule has 0 fully saturated rings. The number of hydrogen-bond donors (Lipinski definition) is 0. The van der Waals surface area contributed by atoms with Crippen LogP contribution in [-0.2, 0) is 0 Å². The van der Waals surface area contributed by atoms with Gasteiger partial charge < -0.3 is 18.9 Å². The first-order chi connectivity index (χ1) is 12.3. The summed E-state index contributed by atoms with van der Waals surface area (Å²) in [5.41, 5.74) is 3.63. The van der Waals surface area contributed by atoms with Crippen molar-refractivity contribution in [2.75, 3.05) is 21.0 Å². The van der Waals surface area contributed by atoms with Crippen LogP contribution in [0.4, 0.5) is 0 Å². The van der Waals surface area contributed by atoms with Crippen molar-refractivity contribution >= 4 is 0 Å². The van der Waals surface area contributed by atoms with Gasteiger partial charge in [0.1, 0.15) is 11.5 Å². The van der Waals surface area contributed by atoms with Crippen molar-refractivity contribution < 1.29 is 18.9 Å². The van der Waals surface area contributed by atoms with E-state index in [1.54, 1.807) is 14.2 Å². The Morgan fingerprint density at radius 2 is 1.64 bits per heavy atom.